The summed E-state index contributed by atoms with van der Waals surface area (Å²) in [6.45, 7) is 3.15. The molecule has 0 spiro atoms. The van der Waals surface area contributed by atoms with Crippen molar-refractivity contribution >= 4 is 5.97 Å². The van der Waals surface area contributed by atoms with Crippen LogP contribution < -0.4 is 4.74 Å². The standard InChI is InChI=1S/C11H10FNO3/c1-4-11(2,3)16-9-8(10(14)15)5-7(12)6-13-9/h1,5-6H,2-3H3,(H,14,15). The van der Waals surface area contributed by atoms with Gasteiger partial charge in [-0.2, -0.15) is 0 Å². The molecular formula is C11H10FNO3. The highest BCUT2D eigenvalue weighted by molar-refractivity contribution is 5.90. The molecular weight excluding hydrogens is 213 g/mol. The van der Waals surface area contributed by atoms with Crippen molar-refractivity contribution in [1.29, 1.82) is 0 Å². The van der Waals surface area contributed by atoms with Gasteiger partial charge in [0.2, 0.25) is 5.88 Å². The fourth-order valence-corrected chi connectivity index (χ4v) is 0.932. The molecule has 0 aromatic carbocycles. The van der Waals surface area contributed by atoms with Crippen LogP contribution >= 0.6 is 0 Å². The van der Waals surface area contributed by atoms with E-state index in [-0.39, 0.29) is 11.4 Å². The molecule has 0 radical (unpaired) electrons. The molecule has 5 heteroatoms. The van der Waals surface area contributed by atoms with Crippen LogP contribution in [0.3, 0.4) is 0 Å². The fourth-order valence-electron chi connectivity index (χ4n) is 0.932. The number of pyridine rings is 1. The molecule has 0 fully saturated rings. The van der Waals surface area contributed by atoms with E-state index in [1.807, 2.05) is 0 Å². The molecule has 1 heterocycles. The second-order valence-corrected chi connectivity index (χ2v) is 3.57. The van der Waals surface area contributed by atoms with Crippen LogP contribution in [0.4, 0.5) is 4.39 Å². The van der Waals surface area contributed by atoms with Gasteiger partial charge in [0.25, 0.3) is 0 Å². The van der Waals surface area contributed by atoms with Gasteiger partial charge in [0, 0.05) is 0 Å². The predicted molar refractivity (Wildman–Crippen MR) is 54.7 cm³/mol. The lowest BCUT2D eigenvalue weighted by atomic mass is 10.1. The van der Waals surface area contributed by atoms with Gasteiger partial charge in [0.05, 0.1) is 6.20 Å². The highest BCUT2D eigenvalue weighted by Gasteiger charge is 2.22. The van der Waals surface area contributed by atoms with Gasteiger partial charge in [-0.1, -0.05) is 5.92 Å². The molecule has 1 rings (SSSR count). The summed E-state index contributed by atoms with van der Waals surface area (Å²) in [6, 6.07) is 0.831. The number of terminal acetylenes is 1. The molecule has 16 heavy (non-hydrogen) atoms. The van der Waals surface area contributed by atoms with E-state index in [4.69, 9.17) is 16.3 Å². The first-order chi connectivity index (χ1) is 7.35. The Morgan fingerprint density at radius 1 is 1.69 bits per heavy atom. The minimum absolute atomic E-state index is 0.197. The first kappa shape index (κ1) is 12.0. The van der Waals surface area contributed by atoms with Crippen molar-refractivity contribution in [1.82, 2.24) is 4.98 Å². The van der Waals surface area contributed by atoms with E-state index in [0.29, 0.717) is 0 Å². The van der Waals surface area contributed by atoms with Crippen molar-refractivity contribution in [2.24, 2.45) is 0 Å². The minimum atomic E-state index is -1.32. The van der Waals surface area contributed by atoms with E-state index >= 15 is 0 Å². The molecule has 0 aliphatic carbocycles. The molecule has 0 unspecified atom stereocenters. The smallest absolute Gasteiger partial charge is 0.341 e. The van der Waals surface area contributed by atoms with Crippen molar-refractivity contribution in [3.05, 3.63) is 23.6 Å². The molecule has 0 aliphatic rings. The molecule has 0 aliphatic heterocycles. The molecule has 4 nitrogen and oxygen atoms in total. The summed E-state index contributed by atoms with van der Waals surface area (Å²) in [4.78, 5) is 14.4. The van der Waals surface area contributed by atoms with Gasteiger partial charge < -0.3 is 9.84 Å². The predicted octanol–water partition coefficient (Wildman–Crippen LogP) is 1.71. The number of aromatic nitrogens is 1. The van der Waals surface area contributed by atoms with Gasteiger partial charge in [-0.05, 0) is 19.9 Å². The van der Waals surface area contributed by atoms with E-state index in [0.717, 1.165) is 12.3 Å². The minimum Gasteiger partial charge on any atom is -0.477 e. The third-order valence-electron chi connectivity index (χ3n) is 1.75. The molecule has 1 N–H and O–H groups in total. The molecule has 0 saturated heterocycles. The van der Waals surface area contributed by atoms with Crippen LogP contribution in [0.15, 0.2) is 12.3 Å². The number of aromatic carboxylic acids is 1. The molecule has 0 saturated carbocycles. The number of carboxylic acids is 1. The summed E-state index contributed by atoms with van der Waals surface area (Å²) in [6.07, 6.45) is 6.06. The van der Waals surface area contributed by atoms with E-state index in [9.17, 15) is 9.18 Å². The lowest BCUT2D eigenvalue weighted by Crippen LogP contribution is -2.27. The van der Waals surface area contributed by atoms with Crippen molar-refractivity contribution in [3.63, 3.8) is 0 Å². The first-order valence-electron chi connectivity index (χ1n) is 4.41. The maximum atomic E-state index is 12.8. The Kier molecular flexibility index (Phi) is 3.14. The Labute approximate surface area is 92.1 Å². The van der Waals surface area contributed by atoms with E-state index in [2.05, 4.69) is 10.9 Å². The van der Waals surface area contributed by atoms with Crippen LogP contribution in [0.1, 0.15) is 24.2 Å². The Balaban J connectivity index is 3.15. The summed E-state index contributed by atoms with van der Waals surface area (Å²) >= 11 is 0. The average Bonchev–Trinajstić information content (AvgIpc) is 2.20. The topological polar surface area (TPSA) is 59.4 Å². The number of halogens is 1. The van der Waals surface area contributed by atoms with Crippen molar-refractivity contribution < 1.29 is 19.0 Å². The summed E-state index contributed by atoms with van der Waals surface area (Å²) in [7, 11) is 0. The van der Waals surface area contributed by atoms with Crippen molar-refractivity contribution in [3.8, 4) is 18.2 Å². The molecule has 0 atom stereocenters. The van der Waals surface area contributed by atoms with Gasteiger partial charge in [-0.3, -0.25) is 0 Å². The number of hydrogen-bond donors (Lipinski definition) is 1. The quantitative estimate of drug-likeness (QED) is 0.792. The van der Waals surface area contributed by atoms with Crippen LogP contribution in [-0.2, 0) is 0 Å². The van der Waals surface area contributed by atoms with Crippen LogP contribution in [0.5, 0.6) is 5.88 Å². The van der Waals surface area contributed by atoms with Crippen LogP contribution in [0, 0.1) is 18.2 Å². The van der Waals surface area contributed by atoms with Gasteiger partial charge >= 0.3 is 5.97 Å². The molecule has 84 valence electrons. The second kappa shape index (κ2) is 4.19. The Morgan fingerprint density at radius 3 is 2.81 bits per heavy atom. The van der Waals surface area contributed by atoms with E-state index in [1.54, 1.807) is 13.8 Å². The molecule has 1 aromatic heterocycles. The number of rotatable bonds is 3. The third kappa shape index (κ3) is 2.70. The summed E-state index contributed by atoms with van der Waals surface area (Å²) in [5, 5.41) is 8.82. The average molecular weight is 223 g/mol. The number of carbonyl (C=O) groups is 1. The zero-order valence-corrected chi connectivity index (χ0v) is 8.82. The highest BCUT2D eigenvalue weighted by atomic mass is 19.1. The SMILES string of the molecule is C#CC(C)(C)Oc1ncc(F)cc1C(=O)O. The molecule has 0 amide bonds. The van der Waals surface area contributed by atoms with Gasteiger partial charge in [-0.25, -0.2) is 14.2 Å². The third-order valence-corrected chi connectivity index (χ3v) is 1.75. The van der Waals surface area contributed by atoms with Crippen LogP contribution in [0.2, 0.25) is 0 Å². The van der Waals surface area contributed by atoms with Gasteiger partial charge in [-0.15, -0.1) is 6.42 Å². The normalized spacial score (nSPS) is 10.6. The first-order valence-corrected chi connectivity index (χ1v) is 4.41. The fraction of sp³-hybridized carbons (Fsp3) is 0.273. The van der Waals surface area contributed by atoms with Crippen molar-refractivity contribution in [2.75, 3.05) is 0 Å². The van der Waals surface area contributed by atoms with Crippen LogP contribution in [-0.4, -0.2) is 21.7 Å². The highest BCUT2D eigenvalue weighted by Crippen LogP contribution is 2.21. The number of carboxylic acid groups (broad SMARTS) is 1. The van der Waals surface area contributed by atoms with E-state index in [1.165, 1.54) is 0 Å². The largest absolute Gasteiger partial charge is 0.477 e. The summed E-state index contributed by atoms with van der Waals surface area (Å²) in [5.74, 6) is 0.0531. The molecule has 0 bridgehead atoms. The van der Waals surface area contributed by atoms with Crippen LogP contribution in [0.25, 0.3) is 0 Å². The van der Waals surface area contributed by atoms with Gasteiger partial charge in [0.1, 0.15) is 11.4 Å². The molecule has 1 aromatic rings. The van der Waals surface area contributed by atoms with Gasteiger partial charge in [0.15, 0.2) is 5.60 Å². The Bertz CT molecular complexity index is 463. The lowest BCUT2D eigenvalue weighted by Gasteiger charge is -2.20. The lowest BCUT2D eigenvalue weighted by molar-refractivity contribution is 0.0683. The second-order valence-electron chi connectivity index (χ2n) is 3.57. The monoisotopic (exact) mass is 223 g/mol. The Morgan fingerprint density at radius 2 is 2.31 bits per heavy atom. The number of hydrogen-bond acceptors (Lipinski definition) is 3. The number of nitrogens with zero attached hydrogens (tertiary/aromatic N) is 1. The summed E-state index contributed by atoms with van der Waals surface area (Å²) < 4.78 is 18.0. The van der Waals surface area contributed by atoms with Crippen molar-refractivity contribution in [2.45, 2.75) is 19.4 Å². The number of ether oxygens (including phenoxy) is 1. The maximum absolute atomic E-state index is 12.8. The zero-order valence-electron chi connectivity index (χ0n) is 8.82. The maximum Gasteiger partial charge on any atom is 0.341 e. The van der Waals surface area contributed by atoms with E-state index < -0.39 is 17.4 Å². The summed E-state index contributed by atoms with van der Waals surface area (Å²) in [5.41, 5.74) is -1.36. The zero-order chi connectivity index (χ0) is 12.3. The Hall–Kier alpha value is -2.09.